The summed E-state index contributed by atoms with van der Waals surface area (Å²) in [7, 11) is 1.59. The number of anilines is 1. The maximum atomic E-state index is 11.7. The Balaban J connectivity index is 2.44. The number of ether oxygens (including phenoxy) is 1. The molecule has 2 rings (SSSR count). The van der Waals surface area contributed by atoms with Crippen molar-refractivity contribution in [3.05, 3.63) is 40.2 Å². The summed E-state index contributed by atoms with van der Waals surface area (Å²) in [6, 6.07) is 6.98. The molecule has 1 aromatic carbocycles. The van der Waals surface area contributed by atoms with E-state index in [2.05, 4.69) is 10.3 Å². The lowest BCUT2D eigenvalue weighted by molar-refractivity contribution is -0.118. The lowest BCUT2D eigenvalue weighted by atomic mass is 10.1. The molecule has 0 saturated heterocycles. The summed E-state index contributed by atoms with van der Waals surface area (Å²) in [5, 5.41) is 3.72. The molecule has 20 heavy (non-hydrogen) atoms. The van der Waals surface area contributed by atoms with Gasteiger partial charge in [-0.05, 0) is 17.7 Å². The monoisotopic (exact) mass is 274 g/mol. The molecule has 2 aromatic rings. The van der Waals surface area contributed by atoms with Crippen molar-refractivity contribution in [3.8, 4) is 0 Å². The van der Waals surface area contributed by atoms with Crippen molar-refractivity contribution in [1.82, 2.24) is 4.98 Å². The van der Waals surface area contributed by atoms with Crippen LogP contribution in [0.4, 0.5) is 5.69 Å². The quantitative estimate of drug-likeness (QED) is 0.898. The molecule has 0 radical (unpaired) electrons. The van der Waals surface area contributed by atoms with Gasteiger partial charge in [-0.2, -0.15) is 0 Å². The molecule has 0 bridgehead atoms. The molecule has 0 saturated carbocycles. The Morgan fingerprint density at radius 2 is 2.10 bits per heavy atom. The minimum Gasteiger partial charge on any atom is -0.380 e. The Morgan fingerprint density at radius 3 is 2.75 bits per heavy atom. The van der Waals surface area contributed by atoms with Crippen LogP contribution in [-0.4, -0.2) is 18.0 Å². The molecule has 0 fully saturated rings. The molecule has 0 aliphatic carbocycles. The maximum Gasteiger partial charge on any atom is 0.248 e. The van der Waals surface area contributed by atoms with E-state index in [1.807, 2.05) is 26.0 Å². The third kappa shape index (κ3) is 3.05. The van der Waals surface area contributed by atoms with E-state index in [9.17, 15) is 9.59 Å². The van der Waals surface area contributed by atoms with Gasteiger partial charge in [0, 0.05) is 30.2 Å². The van der Waals surface area contributed by atoms with E-state index < -0.39 is 0 Å². The van der Waals surface area contributed by atoms with E-state index >= 15 is 0 Å². The van der Waals surface area contributed by atoms with E-state index in [0.29, 0.717) is 17.8 Å². The molecule has 1 heterocycles. The molecule has 106 valence electrons. The molecule has 2 N–H and O–H groups in total. The Labute approximate surface area is 117 Å². The first-order valence-corrected chi connectivity index (χ1v) is 6.47. The second-order valence-corrected chi connectivity index (χ2v) is 5.00. The first-order valence-electron chi connectivity index (χ1n) is 6.47. The van der Waals surface area contributed by atoms with Crippen molar-refractivity contribution >= 4 is 22.5 Å². The normalized spacial score (nSPS) is 11.0. The van der Waals surface area contributed by atoms with Crippen LogP contribution >= 0.6 is 0 Å². The number of methoxy groups -OCH3 is 1. The summed E-state index contributed by atoms with van der Waals surface area (Å²) >= 11 is 0. The highest BCUT2D eigenvalue weighted by Gasteiger charge is 2.09. The summed E-state index contributed by atoms with van der Waals surface area (Å²) in [6.45, 7) is 4.03. The minimum absolute atomic E-state index is 0.0558. The van der Waals surface area contributed by atoms with Crippen LogP contribution in [0.5, 0.6) is 0 Å². The van der Waals surface area contributed by atoms with Crippen LogP contribution in [0, 0.1) is 5.92 Å². The van der Waals surface area contributed by atoms with E-state index in [1.54, 1.807) is 13.2 Å². The Morgan fingerprint density at radius 1 is 1.35 bits per heavy atom. The number of benzene rings is 1. The molecular formula is C15H18N2O3. The largest absolute Gasteiger partial charge is 0.380 e. The lowest BCUT2D eigenvalue weighted by Crippen LogP contribution is -2.17. The third-order valence-corrected chi connectivity index (χ3v) is 3.02. The summed E-state index contributed by atoms with van der Waals surface area (Å²) in [6.07, 6.45) is 0. The van der Waals surface area contributed by atoms with Crippen molar-refractivity contribution < 1.29 is 9.53 Å². The van der Waals surface area contributed by atoms with Crippen molar-refractivity contribution in [2.75, 3.05) is 12.4 Å². The second kappa shape index (κ2) is 5.88. The number of rotatable bonds is 4. The Hall–Kier alpha value is -2.14. The highest BCUT2D eigenvalue weighted by atomic mass is 16.5. The van der Waals surface area contributed by atoms with Gasteiger partial charge in [0.05, 0.1) is 12.1 Å². The zero-order valence-electron chi connectivity index (χ0n) is 11.8. The number of hydrogen-bond donors (Lipinski definition) is 2. The molecule has 1 aromatic heterocycles. The van der Waals surface area contributed by atoms with Crippen LogP contribution < -0.4 is 10.9 Å². The van der Waals surface area contributed by atoms with Crippen LogP contribution in [-0.2, 0) is 16.1 Å². The number of H-pyrrole nitrogens is 1. The average Bonchev–Trinajstić information content (AvgIpc) is 2.38. The van der Waals surface area contributed by atoms with Gasteiger partial charge in [-0.3, -0.25) is 9.59 Å². The number of carbonyl (C=O) groups excluding carboxylic acids is 1. The SMILES string of the molecule is COCc1cc(=O)[nH]c2cc(NC(=O)C(C)C)ccc12. The van der Waals surface area contributed by atoms with Gasteiger partial charge in [0.2, 0.25) is 11.5 Å². The number of aromatic nitrogens is 1. The van der Waals surface area contributed by atoms with Crippen molar-refractivity contribution in [1.29, 1.82) is 0 Å². The summed E-state index contributed by atoms with van der Waals surface area (Å²) in [5.74, 6) is -0.149. The predicted octanol–water partition coefficient (Wildman–Crippen LogP) is 2.27. The summed E-state index contributed by atoms with van der Waals surface area (Å²) in [5.41, 5.74) is 2.00. The molecule has 0 spiro atoms. The number of nitrogens with one attached hydrogen (secondary N) is 2. The van der Waals surface area contributed by atoms with Gasteiger partial charge in [0.25, 0.3) is 0 Å². The van der Waals surface area contributed by atoms with Crippen molar-refractivity contribution in [2.45, 2.75) is 20.5 Å². The molecule has 5 nitrogen and oxygen atoms in total. The zero-order chi connectivity index (χ0) is 14.7. The number of aromatic amines is 1. The van der Waals surface area contributed by atoms with Crippen LogP contribution in [0.2, 0.25) is 0 Å². The number of fused-ring (bicyclic) bond motifs is 1. The number of pyridine rings is 1. The van der Waals surface area contributed by atoms with Crippen LogP contribution in [0.1, 0.15) is 19.4 Å². The molecule has 1 amide bonds. The maximum absolute atomic E-state index is 11.7. The first kappa shape index (κ1) is 14.3. The number of amides is 1. The fourth-order valence-corrected chi connectivity index (χ4v) is 1.97. The van der Waals surface area contributed by atoms with Gasteiger partial charge in [0.15, 0.2) is 0 Å². The van der Waals surface area contributed by atoms with Gasteiger partial charge in [-0.15, -0.1) is 0 Å². The first-order chi connectivity index (χ1) is 9.51. The van der Waals surface area contributed by atoms with Crippen LogP contribution in [0.25, 0.3) is 10.9 Å². The van der Waals surface area contributed by atoms with E-state index in [1.165, 1.54) is 6.07 Å². The average molecular weight is 274 g/mol. The second-order valence-electron chi connectivity index (χ2n) is 5.00. The molecule has 5 heteroatoms. The van der Waals surface area contributed by atoms with E-state index in [4.69, 9.17) is 4.74 Å². The van der Waals surface area contributed by atoms with Gasteiger partial charge in [-0.25, -0.2) is 0 Å². The molecule has 0 unspecified atom stereocenters. The Kier molecular flexibility index (Phi) is 4.20. The van der Waals surface area contributed by atoms with Gasteiger partial charge >= 0.3 is 0 Å². The van der Waals surface area contributed by atoms with Gasteiger partial charge < -0.3 is 15.0 Å². The van der Waals surface area contributed by atoms with Gasteiger partial charge in [-0.1, -0.05) is 19.9 Å². The van der Waals surface area contributed by atoms with Crippen molar-refractivity contribution in [2.24, 2.45) is 5.92 Å². The predicted molar refractivity (Wildman–Crippen MR) is 78.7 cm³/mol. The highest BCUT2D eigenvalue weighted by Crippen LogP contribution is 2.20. The van der Waals surface area contributed by atoms with E-state index in [-0.39, 0.29) is 17.4 Å². The number of carbonyl (C=O) groups is 1. The lowest BCUT2D eigenvalue weighted by Gasteiger charge is -2.10. The molecule has 0 aliphatic heterocycles. The van der Waals surface area contributed by atoms with Gasteiger partial charge in [0.1, 0.15) is 0 Å². The van der Waals surface area contributed by atoms with Crippen LogP contribution in [0.3, 0.4) is 0 Å². The summed E-state index contributed by atoms with van der Waals surface area (Å²) in [4.78, 5) is 26.1. The van der Waals surface area contributed by atoms with Crippen LogP contribution in [0.15, 0.2) is 29.1 Å². The van der Waals surface area contributed by atoms with Crippen molar-refractivity contribution in [3.63, 3.8) is 0 Å². The zero-order valence-corrected chi connectivity index (χ0v) is 11.8. The van der Waals surface area contributed by atoms with E-state index in [0.717, 1.165) is 10.9 Å². The molecule has 0 atom stereocenters. The fraction of sp³-hybridized carbons (Fsp3) is 0.333. The Bertz CT molecular complexity index is 689. The molecule has 0 aliphatic rings. The smallest absolute Gasteiger partial charge is 0.248 e. The topological polar surface area (TPSA) is 71.2 Å². The molecular weight excluding hydrogens is 256 g/mol. The standard InChI is InChI=1S/C15H18N2O3/c1-9(2)15(19)16-11-4-5-12-10(8-20-3)6-14(18)17-13(12)7-11/h4-7,9H,8H2,1-3H3,(H,16,19)(H,17,18). The third-order valence-electron chi connectivity index (χ3n) is 3.02. The minimum atomic E-state index is -0.183. The fourth-order valence-electron chi connectivity index (χ4n) is 1.97. The number of hydrogen-bond acceptors (Lipinski definition) is 3. The highest BCUT2D eigenvalue weighted by molar-refractivity contribution is 5.94. The summed E-state index contributed by atoms with van der Waals surface area (Å²) < 4.78 is 5.09.